The molecule has 10 heteroatoms. The van der Waals surface area contributed by atoms with Crippen LogP contribution in [0.1, 0.15) is 31.7 Å². The highest BCUT2D eigenvalue weighted by atomic mass is 32.2. The summed E-state index contributed by atoms with van der Waals surface area (Å²) in [6.45, 7) is 2.26. The number of carboxylic acids is 1. The molecule has 0 saturated carbocycles. The number of aryl methyl sites for hydroxylation is 1. The predicted octanol–water partition coefficient (Wildman–Crippen LogP) is 2.58. The zero-order chi connectivity index (χ0) is 21.5. The molecule has 0 atom stereocenters. The number of unbranched alkanes of at least 4 members (excludes halogenated alkanes) is 1. The van der Waals surface area contributed by atoms with Crippen molar-refractivity contribution in [1.82, 2.24) is 4.72 Å². The van der Waals surface area contributed by atoms with Crippen LogP contribution in [0.15, 0.2) is 58.3 Å². The minimum absolute atomic E-state index is 0.00842. The van der Waals surface area contributed by atoms with Crippen LogP contribution in [-0.4, -0.2) is 34.5 Å². The maximum Gasteiger partial charge on any atom is 0.303 e. The summed E-state index contributed by atoms with van der Waals surface area (Å²) >= 11 is 0. The first kappa shape index (κ1) is 22.9. The molecule has 0 bridgehead atoms. The third kappa shape index (κ3) is 6.84. The molecule has 0 radical (unpaired) electrons. The third-order valence-electron chi connectivity index (χ3n) is 4.08. The van der Waals surface area contributed by atoms with Gasteiger partial charge >= 0.3 is 5.97 Å². The fourth-order valence-electron chi connectivity index (χ4n) is 2.49. The van der Waals surface area contributed by atoms with Crippen LogP contribution in [0.3, 0.4) is 0 Å². The molecule has 0 unspecified atom stereocenters. The number of hydrogen-bond donors (Lipinski definition) is 3. The van der Waals surface area contributed by atoms with Crippen LogP contribution < -0.4 is 9.44 Å². The van der Waals surface area contributed by atoms with Crippen molar-refractivity contribution in [3.8, 4) is 0 Å². The molecule has 8 nitrogen and oxygen atoms in total. The summed E-state index contributed by atoms with van der Waals surface area (Å²) in [5, 5.41) is 8.71. The molecule has 0 aliphatic heterocycles. The monoisotopic (exact) mass is 440 g/mol. The Labute approximate surface area is 171 Å². The number of anilines is 1. The summed E-state index contributed by atoms with van der Waals surface area (Å²) in [6, 6.07) is 11.4. The van der Waals surface area contributed by atoms with Crippen molar-refractivity contribution in [2.45, 2.75) is 42.4 Å². The van der Waals surface area contributed by atoms with Crippen molar-refractivity contribution < 1.29 is 26.7 Å². The molecule has 0 heterocycles. The molecule has 158 valence electrons. The maximum absolute atomic E-state index is 12.6. The molecule has 2 aromatic rings. The van der Waals surface area contributed by atoms with Crippen molar-refractivity contribution in [1.29, 1.82) is 0 Å². The fourth-order valence-corrected chi connectivity index (χ4v) is 4.66. The Balaban J connectivity index is 2.15. The second-order valence-electron chi connectivity index (χ2n) is 6.42. The molecular weight excluding hydrogens is 416 g/mol. The van der Waals surface area contributed by atoms with Gasteiger partial charge in [0, 0.05) is 13.0 Å². The van der Waals surface area contributed by atoms with Gasteiger partial charge in [-0.3, -0.25) is 9.52 Å². The van der Waals surface area contributed by atoms with Gasteiger partial charge in [-0.1, -0.05) is 31.5 Å². The van der Waals surface area contributed by atoms with Crippen LogP contribution in [0.5, 0.6) is 0 Å². The van der Waals surface area contributed by atoms with E-state index in [-0.39, 0.29) is 21.9 Å². The molecule has 3 N–H and O–H groups in total. The molecule has 0 aliphatic rings. The van der Waals surface area contributed by atoms with E-state index in [1.54, 1.807) is 12.1 Å². The number of carboxylic acid groups (broad SMARTS) is 1. The number of nitrogens with one attached hydrogen (secondary N) is 2. The first-order chi connectivity index (χ1) is 13.6. The van der Waals surface area contributed by atoms with E-state index >= 15 is 0 Å². The number of hydrogen-bond acceptors (Lipinski definition) is 5. The molecule has 0 aliphatic carbocycles. The standard InChI is InChI=1S/C19H24N2O6S2/c1-2-3-13-20-28(24,25)18-6-4-5-16(14-18)21-29(26,27)17-10-7-15(8-11-17)9-12-19(22)23/h4-8,10-11,14,20-21H,2-3,9,12-13H2,1H3,(H,22,23). The molecule has 0 spiro atoms. The Morgan fingerprint density at radius 2 is 1.66 bits per heavy atom. The molecule has 2 aromatic carbocycles. The van der Waals surface area contributed by atoms with Gasteiger partial charge < -0.3 is 5.11 Å². The molecule has 0 saturated heterocycles. The minimum atomic E-state index is -3.93. The van der Waals surface area contributed by atoms with Gasteiger partial charge in [-0.15, -0.1) is 0 Å². The van der Waals surface area contributed by atoms with Gasteiger partial charge in [-0.25, -0.2) is 21.6 Å². The van der Waals surface area contributed by atoms with Crippen LogP contribution in [-0.2, 0) is 31.3 Å². The van der Waals surface area contributed by atoms with E-state index in [1.807, 2.05) is 6.92 Å². The Bertz CT molecular complexity index is 1050. The highest BCUT2D eigenvalue weighted by Crippen LogP contribution is 2.20. The van der Waals surface area contributed by atoms with E-state index in [0.29, 0.717) is 24.9 Å². The highest BCUT2D eigenvalue weighted by Gasteiger charge is 2.17. The smallest absolute Gasteiger partial charge is 0.303 e. The third-order valence-corrected chi connectivity index (χ3v) is 6.94. The van der Waals surface area contributed by atoms with Crippen molar-refractivity contribution in [2.24, 2.45) is 0 Å². The lowest BCUT2D eigenvalue weighted by atomic mass is 10.1. The highest BCUT2D eigenvalue weighted by molar-refractivity contribution is 7.92. The average Bonchev–Trinajstić information content (AvgIpc) is 2.66. The van der Waals surface area contributed by atoms with Crippen LogP contribution in [0.4, 0.5) is 5.69 Å². The fraction of sp³-hybridized carbons (Fsp3) is 0.316. The topological polar surface area (TPSA) is 130 Å². The molecule has 0 amide bonds. The molecule has 29 heavy (non-hydrogen) atoms. The predicted molar refractivity (Wildman–Crippen MR) is 110 cm³/mol. The SMILES string of the molecule is CCCCNS(=O)(=O)c1cccc(NS(=O)(=O)c2ccc(CCC(=O)O)cc2)c1. The number of benzene rings is 2. The van der Waals surface area contributed by atoms with Gasteiger partial charge in [0.2, 0.25) is 10.0 Å². The second kappa shape index (κ2) is 9.86. The summed E-state index contributed by atoms with van der Waals surface area (Å²) in [7, 11) is -7.65. The summed E-state index contributed by atoms with van der Waals surface area (Å²) in [4.78, 5) is 10.6. The zero-order valence-corrected chi connectivity index (χ0v) is 17.6. The van der Waals surface area contributed by atoms with Crippen molar-refractivity contribution in [3.63, 3.8) is 0 Å². The van der Waals surface area contributed by atoms with Gasteiger partial charge in [0.25, 0.3) is 10.0 Å². The lowest BCUT2D eigenvalue weighted by molar-refractivity contribution is -0.136. The van der Waals surface area contributed by atoms with E-state index in [4.69, 9.17) is 5.11 Å². The van der Waals surface area contributed by atoms with Crippen molar-refractivity contribution >= 4 is 31.7 Å². The lowest BCUT2D eigenvalue weighted by Crippen LogP contribution is -2.24. The Kier molecular flexibility index (Phi) is 7.77. The second-order valence-corrected chi connectivity index (χ2v) is 9.87. The van der Waals surface area contributed by atoms with Crippen LogP contribution in [0.2, 0.25) is 0 Å². The van der Waals surface area contributed by atoms with Crippen LogP contribution >= 0.6 is 0 Å². The number of aliphatic carboxylic acids is 1. The van der Waals surface area contributed by atoms with Crippen molar-refractivity contribution in [3.05, 3.63) is 54.1 Å². The van der Waals surface area contributed by atoms with E-state index in [2.05, 4.69) is 9.44 Å². The Hall–Kier alpha value is -2.43. The van der Waals surface area contributed by atoms with Gasteiger partial charge in [-0.2, -0.15) is 0 Å². The molecular formula is C19H24N2O6S2. The number of sulfonamides is 2. The van der Waals surface area contributed by atoms with Gasteiger partial charge in [-0.05, 0) is 48.7 Å². The first-order valence-electron chi connectivity index (χ1n) is 9.07. The number of carbonyl (C=O) groups is 1. The molecule has 0 aromatic heterocycles. The van der Waals surface area contributed by atoms with Gasteiger partial charge in [0.15, 0.2) is 0 Å². The van der Waals surface area contributed by atoms with E-state index in [0.717, 1.165) is 6.42 Å². The first-order valence-corrected chi connectivity index (χ1v) is 12.0. The summed E-state index contributed by atoms with van der Waals surface area (Å²) in [6.07, 6.45) is 1.80. The Morgan fingerprint density at radius 1 is 0.966 bits per heavy atom. The van der Waals surface area contributed by atoms with E-state index < -0.39 is 26.0 Å². The Morgan fingerprint density at radius 3 is 2.28 bits per heavy atom. The average molecular weight is 441 g/mol. The van der Waals surface area contributed by atoms with Crippen molar-refractivity contribution in [2.75, 3.05) is 11.3 Å². The zero-order valence-electron chi connectivity index (χ0n) is 16.0. The quantitative estimate of drug-likeness (QED) is 0.461. The largest absolute Gasteiger partial charge is 0.481 e. The summed E-state index contributed by atoms with van der Waals surface area (Å²) in [5.41, 5.74) is 0.830. The normalized spacial score (nSPS) is 11.9. The van der Waals surface area contributed by atoms with Crippen LogP contribution in [0, 0.1) is 0 Å². The molecule has 2 rings (SSSR count). The summed E-state index contributed by atoms with van der Waals surface area (Å²) < 4.78 is 54.6. The molecule has 0 fully saturated rings. The minimum Gasteiger partial charge on any atom is -0.481 e. The van der Waals surface area contributed by atoms with E-state index in [1.165, 1.54) is 36.4 Å². The summed E-state index contributed by atoms with van der Waals surface area (Å²) in [5.74, 6) is -0.928. The van der Waals surface area contributed by atoms with E-state index in [9.17, 15) is 21.6 Å². The maximum atomic E-state index is 12.6. The lowest BCUT2D eigenvalue weighted by Gasteiger charge is -2.11. The number of rotatable bonds is 11. The van der Waals surface area contributed by atoms with Crippen LogP contribution in [0.25, 0.3) is 0 Å². The van der Waals surface area contributed by atoms with Gasteiger partial charge in [0.05, 0.1) is 15.5 Å². The van der Waals surface area contributed by atoms with Gasteiger partial charge in [0.1, 0.15) is 0 Å².